The number of halogens is 1. The summed E-state index contributed by atoms with van der Waals surface area (Å²) >= 11 is 7.11. The van der Waals surface area contributed by atoms with Gasteiger partial charge in [-0.1, -0.05) is 11.6 Å². The molecule has 1 heterocycles. The van der Waals surface area contributed by atoms with Crippen molar-refractivity contribution < 1.29 is 19.1 Å². The van der Waals surface area contributed by atoms with Gasteiger partial charge in [0.25, 0.3) is 5.91 Å². The lowest BCUT2D eigenvalue weighted by Gasteiger charge is -2.15. The number of anilines is 1. The van der Waals surface area contributed by atoms with Crippen molar-refractivity contribution in [2.24, 2.45) is 0 Å². The molecule has 23 heavy (non-hydrogen) atoms. The maximum Gasteiger partial charge on any atom is 0.350 e. The summed E-state index contributed by atoms with van der Waals surface area (Å²) in [5.74, 6) is -0.615. The second-order valence-electron chi connectivity index (χ2n) is 4.62. The van der Waals surface area contributed by atoms with Gasteiger partial charge in [-0.25, -0.2) is 9.78 Å². The molecular weight excluding hydrogens is 340 g/mol. The zero-order valence-corrected chi connectivity index (χ0v) is 14.3. The maximum absolute atomic E-state index is 12.2. The van der Waals surface area contributed by atoms with E-state index in [4.69, 9.17) is 21.1 Å². The number of amides is 1. The summed E-state index contributed by atoms with van der Waals surface area (Å²) in [6.07, 6.45) is 0.445. The van der Waals surface area contributed by atoms with Crippen molar-refractivity contribution in [2.45, 2.75) is 20.0 Å². The second-order valence-corrected chi connectivity index (χ2v) is 6.30. The Labute approximate surface area is 142 Å². The number of thiazole rings is 1. The Hall–Kier alpha value is -2.12. The van der Waals surface area contributed by atoms with E-state index in [0.29, 0.717) is 21.3 Å². The van der Waals surface area contributed by atoms with Gasteiger partial charge in [-0.15, -0.1) is 11.3 Å². The molecule has 0 aliphatic carbocycles. The topological polar surface area (TPSA) is 77.5 Å². The molecule has 8 heteroatoms. The predicted molar refractivity (Wildman–Crippen MR) is 88.4 cm³/mol. The zero-order chi connectivity index (χ0) is 17.0. The highest BCUT2D eigenvalue weighted by molar-refractivity contribution is 7.13. The van der Waals surface area contributed by atoms with Gasteiger partial charge in [-0.05, 0) is 32.0 Å². The monoisotopic (exact) mass is 354 g/mol. The number of esters is 1. The van der Waals surface area contributed by atoms with E-state index < -0.39 is 18.0 Å². The Kier molecular flexibility index (Phi) is 5.57. The van der Waals surface area contributed by atoms with Gasteiger partial charge in [-0.2, -0.15) is 0 Å². The Bertz CT molecular complexity index is 732. The molecule has 0 spiro atoms. The smallest absolute Gasteiger partial charge is 0.350 e. The van der Waals surface area contributed by atoms with Crippen molar-refractivity contribution in [1.29, 1.82) is 0 Å². The number of carbonyl (C=O) groups is 2. The molecule has 0 saturated heterocycles. The third-order valence-electron chi connectivity index (χ3n) is 2.89. The summed E-state index contributed by atoms with van der Waals surface area (Å²) in [5.41, 5.74) is 0.404. The number of aromatic nitrogens is 1. The van der Waals surface area contributed by atoms with Gasteiger partial charge in [-0.3, -0.25) is 4.79 Å². The molecule has 1 atom stereocenters. The molecule has 0 aliphatic rings. The van der Waals surface area contributed by atoms with Crippen molar-refractivity contribution in [3.8, 4) is 5.75 Å². The minimum Gasteiger partial charge on any atom is -0.495 e. The number of ether oxygens (including phenoxy) is 2. The SMILES string of the molecule is COc1ccc(Cl)cc1NC(=O)C(C)OC(=O)c1cnc(C)s1. The third kappa shape index (κ3) is 4.43. The maximum atomic E-state index is 12.2. The molecule has 0 fully saturated rings. The summed E-state index contributed by atoms with van der Waals surface area (Å²) in [7, 11) is 1.48. The lowest BCUT2D eigenvalue weighted by atomic mass is 10.2. The average molecular weight is 355 g/mol. The fourth-order valence-electron chi connectivity index (χ4n) is 1.74. The number of hydrogen-bond donors (Lipinski definition) is 1. The van der Waals surface area contributed by atoms with E-state index in [0.717, 1.165) is 5.01 Å². The van der Waals surface area contributed by atoms with Gasteiger partial charge in [0.1, 0.15) is 10.6 Å². The zero-order valence-electron chi connectivity index (χ0n) is 12.8. The molecule has 0 saturated carbocycles. The first-order valence-electron chi connectivity index (χ1n) is 6.68. The van der Waals surface area contributed by atoms with Crippen LogP contribution in [0.3, 0.4) is 0 Å². The number of aryl methyl sites for hydroxylation is 1. The number of benzene rings is 1. The van der Waals surface area contributed by atoms with Gasteiger partial charge in [0.05, 0.1) is 24.0 Å². The highest BCUT2D eigenvalue weighted by Gasteiger charge is 2.21. The van der Waals surface area contributed by atoms with Crippen LogP contribution in [-0.4, -0.2) is 30.1 Å². The minimum absolute atomic E-state index is 0.350. The summed E-state index contributed by atoms with van der Waals surface area (Å²) in [6, 6.07) is 4.83. The van der Waals surface area contributed by atoms with Gasteiger partial charge in [0, 0.05) is 5.02 Å². The number of carbonyl (C=O) groups excluding carboxylic acids is 2. The number of nitrogens with one attached hydrogen (secondary N) is 1. The number of methoxy groups -OCH3 is 1. The Balaban J connectivity index is 2.03. The molecule has 6 nitrogen and oxygen atoms in total. The van der Waals surface area contributed by atoms with Crippen molar-refractivity contribution in [1.82, 2.24) is 4.98 Å². The minimum atomic E-state index is -0.978. The normalized spacial score (nSPS) is 11.7. The predicted octanol–water partition coefficient (Wildman–Crippen LogP) is 3.30. The van der Waals surface area contributed by atoms with Crippen molar-refractivity contribution in [3.63, 3.8) is 0 Å². The third-order valence-corrected chi connectivity index (χ3v) is 4.02. The van der Waals surface area contributed by atoms with Gasteiger partial charge >= 0.3 is 5.97 Å². The standard InChI is InChI=1S/C15H15ClN2O4S/c1-8(22-15(20)13-7-17-9(2)23-13)14(19)18-11-6-10(16)4-5-12(11)21-3/h4-8H,1-3H3,(H,18,19). The number of hydrogen-bond acceptors (Lipinski definition) is 6. The van der Waals surface area contributed by atoms with E-state index in [1.54, 1.807) is 25.1 Å². The van der Waals surface area contributed by atoms with E-state index in [1.807, 2.05) is 0 Å². The fourth-order valence-corrected chi connectivity index (χ4v) is 2.57. The molecule has 1 N–H and O–H groups in total. The van der Waals surface area contributed by atoms with Crippen LogP contribution in [0.1, 0.15) is 21.6 Å². The highest BCUT2D eigenvalue weighted by Crippen LogP contribution is 2.27. The van der Waals surface area contributed by atoms with Crippen LogP contribution in [0.15, 0.2) is 24.4 Å². The van der Waals surface area contributed by atoms with Crippen molar-refractivity contribution in [3.05, 3.63) is 39.3 Å². The summed E-state index contributed by atoms with van der Waals surface area (Å²) in [4.78, 5) is 28.4. The molecule has 0 aliphatic heterocycles. The van der Waals surface area contributed by atoms with Crippen LogP contribution in [0.4, 0.5) is 5.69 Å². The molecule has 2 aromatic rings. The average Bonchev–Trinajstić information content (AvgIpc) is 2.94. The molecule has 1 aromatic heterocycles. The van der Waals surface area contributed by atoms with E-state index in [1.165, 1.54) is 31.6 Å². The first-order valence-corrected chi connectivity index (χ1v) is 7.88. The second kappa shape index (κ2) is 7.43. The molecule has 1 amide bonds. The first-order chi connectivity index (χ1) is 10.9. The molecule has 2 rings (SSSR count). The summed E-state index contributed by atoms with van der Waals surface area (Å²) in [5, 5.41) is 3.82. The Morgan fingerprint density at radius 3 is 2.74 bits per heavy atom. The van der Waals surface area contributed by atoms with E-state index in [9.17, 15) is 9.59 Å². The van der Waals surface area contributed by atoms with Gasteiger partial charge < -0.3 is 14.8 Å². The Morgan fingerprint density at radius 1 is 1.39 bits per heavy atom. The summed E-state index contributed by atoms with van der Waals surface area (Å²) < 4.78 is 10.3. The molecule has 122 valence electrons. The highest BCUT2D eigenvalue weighted by atomic mass is 35.5. The summed E-state index contributed by atoms with van der Waals surface area (Å²) in [6.45, 7) is 3.27. The van der Waals surface area contributed by atoms with Gasteiger partial charge in [0.15, 0.2) is 6.10 Å². The van der Waals surface area contributed by atoms with Crippen LogP contribution in [-0.2, 0) is 9.53 Å². The van der Waals surface area contributed by atoms with Crippen molar-refractivity contribution >= 4 is 40.5 Å². The fraction of sp³-hybridized carbons (Fsp3) is 0.267. The van der Waals surface area contributed by atoms with Crippen LogP contribution in [0.2, 0.25) is 5.02 Å². The largest absolute Gasteiger partial charge is 0.495 e. The van der Waals surface area contributed by atoms with Crippen LogP contribution in [0, 0.1) is 6.92 Å². The number of rotatable bonds is 5. The number of nitrogens with zero attached hydrogens (tertiary/aromatic N) is 1. The van der Waals surface area contributed by atoms with Crippen LogP contribution >= 0.6 is 22.9 Å². The first kappa shape index (κ1) is 17.2. The van der Waals surface area contributed by atoms with E-state index >= 15 is 0 Å². The molecule has 0 bridgehead atoms. The lowest BCUT2D eigenvalue weighted by Crippen LogP contribution is -2.30. The quantitative estimate of drug-likeness (QED) is 0.833. The van der Waals surface area contributed by atoms with Gasteiger partial charge in [0.2, 0.25) is 0 Å². The molecule has 0 radical (unpaired) electrons. The molecule has 1 unspecified atom stereocenters. The van der Waals surface area contributed by atoms with E-state index in [-0.39, 0.29) is 0 Å². The Morgan fingerprint density at radius 2 is 2.13 bits per heavy atom. The van der Waals surface area contributed by atoms with E-state index in [2.05, 4.69) is 10.3 Å². The van der Waals surface area contributed by atoms with Crippen LogP contribution in [0.25, 0.3) is 0 Å². The van der Waals surface area contributed by atoms with Crippen LogP contribution in [0.5, 0.6) is 5.75 Å². The van der Waals surface area contributed by atoms with Crippen molar-refractivity contribution in [2.75, 3.05) is 12.4 Å². The van der Waals surface area contributed by atoms with Crippen LogP contribution < -0.4 is 10.1 Å². The molecule has 1 aromatic carbocycles. The lowest BCUT2D eigenvalue weighted by molar-refractivity contribution is -0.123. The molecular formula is C15H15ClN2O4S.